The smallest absolute Gasteiger partial charge is 0.408 e. The molecule has 1 saturated carbocycles. The van der Waals surface area contributed by atoms with E-state index in [0.717, 1.165) is 19.9 Å². The lowest BCUT2D eigenvalue weighted by Gasteiger charge is -2.31. The number of likely N-dealkylation sites (tertiary alicyclic amines) is 1. The Bertz CT molecular complexity index is 1320. The van der Waals surface area contributed by atoms with E-state index in [0.29, 0.717) is 23.5 Å². The van der Waals surface area contributed by atoms with Crippen molar-refractivity contribution in [2.24, 2.45) is 11.8 Å². The van der Waals surface area contributed by atoms with Crippen LogP contribution < -0.4 is 21.3 Å². The lowest BCUT2D eigenvalue weighted by Crippen LogP contribution is -2.57. The van der Waals surface area contributed by atoms with E-state index in [1.807, 2.05) is 13.8 Å². The Hall–Kier alpha value is -4.53. The summed E-state index contributed by atoms with van der Waals surface area (Å²) in [7, 11) is 1.11. The zero-order valence-electron chi connectivity index (χ0n) is 29.5. The molecule has 1 aromatic carbocycles. The maximum absolute atomic E-state index is 13.5. The molecule has 3 rings (SSSR count). The third-order valence-electron chi connectivity index (χ3n) is 7.92. The van der Waals surface area contributed by atoms with Gasteiger partial charge in [-0.25, -0.2) is 9.86 Å². The highest BCUT2D eigenvalue weighted by molar-refractivity contribution is 6.38. The molecule has 1 aliphatic heterocycles. The van der Waals surface area contributed by atoms with Crippen molar-refractivity contribution in [1.29, 1.82) is 0 Å². The number of carbonyl (C=O) groups excluding carboxylic acids is 7. The standard InChI is InChI=1S/C32H46N6O9.C2H6/c1-18(2)25(36-32(45)47-19(3)4)31(44)38-15-9-12-23(38)28(41)34-22(16-20-13-14-20)27(40)29(42)33-17-24(39)35-26(30(43)37(5)46)21-10-7-6-8-11-21;1-2/h6-8,10-11,18-20,22-23,25-26,46H,9,12-17H2,1-5H3,(H,33,42)(H,34,41)(H,35,39)(H,36,45);1-2H3. The highest BCUT2D eigenvalue weighted by atomic mass is 16.6. The molecule has 272 valence electrons. The van der Waals surface area contributed by atoms with E-state index in [4.69, 9.17) is 4.74 Å². The van der Waals surface area contributed by atoms with Gasteiger partial charge in [0.05, 0.1) is 18.7 Å². The number of Topliss-reactive ketones (excluding diaryl/α,β-unsaturated/α-hetero) is 1. The number of carbonyl (C=O) groups is 7. The van der Waals surface area contributed by atoms with Crippen molar-refractivity contribution >= 4 is 41.4 Å². The lowest BCUT2D eigenvalue weighted by atomic mass is 10.0. The molecule has 2 aliphatic rings. The van der Waals surface area contributed by atoms with Gasteiger partial charge in [0, 0.05) is 13.6 Å². The summed E-state index contributed by atoms with van der Waals surface area (Å²) >= 11 is 0. The molecule has 0 aromatic heterocycles. The van der Waals surface area contributed by atoms with Gasteiger partial charge in [0.25, 0.3) is 11.8 Å². The van der Waals surface area contributed by atoms with E-state index in [1.165, 1.54) is 4.90 Å². The molecule has 1 aromatic rings. The van der Waals surface area contributed by atoms with E-state index in [-0.39, 0.29) is 30.9 Å². The Morgan fingerprint density at radius 3 is 2.12 bits per heavy atom. The summed E-state index contributed by atoms with van der Waals surface area (Å²) in [4.78, 5) is 91.9. The number of hydrogen-bond donors (Lipinski definition) is 5. The van der Waals surface area contributed by atoms with Gasteiger partial charge in [0.15, 0.2) is 0 Å². The van der Waals surface area contributed by atoms with Gasteiger partial charge in [-0.15, -0.1) is 0 Å². The molecule has 0 radical (unpaired) electrons. The predicted octanol–water partition coefficient (Wildman–Crippen LogP) is 1.84. The molecule has 1 saturated heterocycles. The minimum atomic E-state index is -1.24. The summed E-state index contributed by atoms with van der Waals surface area (Å²) in [6.45, 7) is 10.5. The molecular weight excluding hydrogens is 636 g/mol. The van der Waals surface area contributed by atoms with Crippen LogP contribution >= 0.6 is 0 Å². The Kier molecular flexibility index (Phi) is 16.1. The fraction of sp³-hybridized carbons (Fsp3) is 0.618. The average Bonchev–Trinajstić information content (AvgIpc) is 3.75. The van der Waals surface area contributed by atoms with Gasteiger partial charge in [-0.05, 0) is 50.5 Å². The fourth-order valence-electron chi connectivity index (χ4n) is 5.29. The molecule has 2 fully saturated rings. The van der Waals surface area contributed by atoms with Gasteiger partial charge in [-0.3, -0.25) is 34.0 Å². The van der Waals surface area contributed by atoms with Gasteiger partial charge in [-0.1, -0.05) is 70.9 Å². The number of nitrogens with zero attached hydrogens (tertiary/aromatic N) is 2. The highest BCUT2D eigenvalue weighted by Crippen LogP contribution is 2.34. The summed E-state index contributed by atoms with van der Waals surface area (Å²) < 4.78 is 5.13. The normalized spacial score (nSPS) is 17.1. The van der Waals surface area contributed by atoms with Crippen molar-refractivity contribution in [2.45, 2.75) is 104 Å². The summed E-state index contributed by atoms with van der Waals surface area (Å²) in [5.74, 6) is -4.86. The van der Waals surface area contributed by atoms with E-state index in [1.54, 1.807) is 58.0 Å². The number of likely N-dealkylation sites (N-methyl/N-ethyl adjacent to an activating group) is 1. The Morgan fingerprint density at radius 1 is 0.939 bits per heavy atom. The largest absolute Gasteiger partial charge is 0.447 e. The second-order valence-corrected chi connectivity index (χ2v) is 12.6. The van der Waals surface area contributed by atoms with Crippen LogP contribution in [0.15, 0.2) is 30.3 Å². The van der Waals surface area contributed by atoms with Gasteiger partial charge < -0.3 is 30.9 Å². The molecular formula is C34H52N6O9. The molecule has 15 nitrogen and oxygen atoms in total. The monoisotopic (exact) mass is 688 g/mol. The van der Waals surface area contributed by atoms with Crippen LogP contribution in [-0.4, -0.2) is 101 Å². The molecule has 6 amide bonds. The van der Waals surface area contributed by atoms with Crippen LogP contribution in [0.4, 0.5) is 4.79 Å². The predicted molar refractivity (Wildman–Crippen MR) is 179 cm³/mol. The molecule has 0 spiro atoms. The zero-order chi connectivity index (χ0) is 36.8. The van der Waals surface area contributed by atoms with Gasteiger partial charge in [0.1, 0.15) is 18.1 Å². The van der Waals surface area contributed by atoms with Crippen molar-refractivity contribution in [3.63, 3.8) is 0 Å². The van der Waals surface area contributed by atoms with Crippen LogP contribution in [0.2, 0.25) is 0 Å². The van der Waals surface area contributed by atoms with Crippen LogP contribution in [0.3, 0.4) is 0 Å². The first kappa shape index (κ1) is 40.6. The molecule has 5 N–H and O–H groups in total. The fourth-order valence-corrected chi connectivity index (χ4v) is 5.29. The number of hydroxylamine groups is 2. The quantitative estimate of drug-likeness (QED) is 0.104. The minimum Gasteiger partial charge on any atom is -0.447 e. The van der Waals surface area contributed by atoms with Crippen LogP contribution in [0.5, 0.6) is 0 Å². The topological polar surface area (TPSA) is 204 Å². The molecule has 4 unspecified atom stereocenters. The van der Waals surface area contributed by atoms with Crippen molar-refractivity contribution < 1.29 is 43.5 Å². The van der Waals surface area contributed by atoms with E-state index >= 15 is 0 Å². The number of hydrogen-bond acceptors (Lipinski definition) is 9. The van der Waals surface area contributed by atoms with Gasteiger partial charge >= 0.3 is 6.09 Å². The van der Waals surface area contributed by atoms with Gasteiger partial charge in [0.2, 0.25) is 23.5 Å². The van der Waals surface area contributed by atoms with Crippen molar-refractivity contribution in [3.05, 3.63) is 35.9 Å². The van der Waals surface area contributed by atoms with Crippen molar-refractivity contribution in [1.82, 2.24) is 31.2 Å². The molecule has 15 heteroatoms. The van der Waals surface area contributed by atoms with E-state index in [9.17, 15) is 38.8 Å². The number of ether oxygens (including phenoxy) is 1. The number of nitrogens with one attached hydrogen (secondary N) is 4. The van der Waals surface area contributed by atoms with Crippen LogP contribution in [0.1, 0.15) is 85.3 Å². The van der Waals surface area contributed by atoms with E-state index in [2.05, 4.69) is 21.3 Å². The number of alkyl carbamates (subject to hydrolysis) is 1. The number of benzene rings is 1. The molecule has 1 aliphatic carbocycles. The van der Waals surface area contributed by atoms with E-state index < -0.39 is 72.1 Å². The van der Waals surface area contributed by atoms with Crippen molar-refractivity contribution in [3.8, 4) is 0 Å². The number of amides is 6. The van der Waals surface area contributed by atoms with Gasteiger partial charge in [-0.2, -0.15) is 0 Å². The van der Waals surface area contributed by atoms with Crippen LogP contribution in [0, 0.1) is 11.8 Å². The minimum absolute atomic E-state index is 0.135. The number of ketones is 1. The summed E-state index contributed by atoms with van der Waals surface area (Å²) in [6.07, 6.45) is 1.61. The van der Waals surface area contributed by atoms with Crippen LogP contribution in [0.25, 0.3) is 0 Å². The first-order valence-electron chi connectivity index (χ1n) is 16.9. The summed E-state index contributed by atoms with van der Waals surface area (Å²) in [5, 5.41) is 19.9. The second kappa shape index (κ2) is 19.5. The third-order valence-corrected chi connectivity index (χ3v) is 7.92. The Balaban J connectivity index is 0.00000409. The lowest BCUT2D eigenvalue weighted by molar-refractivity contribution is -0.162. The molecule has 49 heavy (non-hydrogen) atoms. The third kappa shape index (κ3) is 12.5. The molecule has 4 atom stereocenters. The maximum Gasteiger partial charge on any atom is 0.408 e. The first-order valence-corrected chi connectivity index (χ1v) is 16.9. The first-order chi connectivity index (χ1) is 23.2. The average molecular weight is 689 g/mol. The summed E-state index contributed by atoms with van der Waals surface area (Å²) in [6, 6.07) is 3.91. The summed E-state index contributed by atoms with van der Waals surface area (Å²) in [5.41, 5.74) is 0.395. The Labute approximate surface area is 287 Å². The van der Waals surface area contributed by atoms with Crippen LogP contribution in [-0.2, 0) is 33.5 Å². The number of rotatable bonds is 15. The molecule has 1 heterocycles. The maximum atomic E-state index is 13.5. The van der Waals surface area contributed by atoms with Crippen molar-refractivity contribution in [2.75, 3.05) is 20.1 Å². The Morgan fingerprint density at radius 2 is 1.57 bits per heavy atom. The molecule has 0 bridgehead atoms. The highest BCUT2D eigenvalue weighted by Gasteiger charge is 2.41. The SMILES string of the molecule is CC.CC(C)OC(=O)NC(C(=O)N1CCCC1C(=O)NC(CC1CC1)C(=O)C(=O)NCC(=O)NC(C(=O)N(C)O)c1ccccc1)C(C)C. The second-order valence-electron chi connectivity index (χ2n) is 12.6. The zero-order valence-corrected chi connectivity index (χ0v) is 29.5.